The molecule has 1 atom stereocenters. The molecule has 1 aromatic heterocycles. The zero-order valence-corrected chi connectivity index (χ0v) is 8.52. The molecule has 2 heteroatoms. The molecule has 1 nitrogen and oxygen atoms in total. The summed E-state index contributed by atoms with van der Waals surface area (Å²) in [5, 5.41) is 2.11. The van der Waals surface area contributed by atoms with E-state index in [9.17, 15) is 0 Å². The Morgan fingerprint density at radius 1 is 1.62 bits per heavy atom. The molecule has 13 heavy (non-hydrogen) atoms. The van der Waals surface area contributed by atoms with Gasteiger partial charge in [0.2, 0.25) is 0 Å². The number of aryl methyl sites for hydroxylation is 1. The Morgan fingerprint density at radius 2 is 2.46 bits per heavy atom. The average molecular weight is 193 g/mol. The predicted molar refractivity (Wildman–Crippen MR) is 58.7 cm³/mol. The number of terminal acetylenes is 1. The standard InChI is InChI=1S/C11H15NS/c1-2-5-10(12)6-3-7-11-8-4-9-13-11/h1,4,8-10H,3,5-7,12H2. The fourth-order valence-electron chi connectivity index (χ4n) is 1.25. The van der Waals surface area contributed by atoms with Gasteiger partial charge in [-0.05, 0) is 30.7 Å². The van der Waals surface area contributed by atoms with Crippen LogP contribution in [0.5, 0.6) is 0 Å². The van der Waals surface area contributed by atoms with Gasteiger partial charge >= 0.3 is 0 Å². The molecule has 1 rings (SSSR count). The average Bonchev–Trinajstić information content (AvgIpc) is 2.57. The first kappa shape index (κ1) is 10.3. The quantitative estimate of drug-likeness (QED) is 0.714. The SMILES string of the molecule is C#CCC(N)CCCc1cccs1. The van der Waals surface area contributed by atoms with E-state index >= 15 is 0 Å². The van der Waals surface area contributed by atoms with E-state index in [0.717, 1.165) is 19.3 Å². The maximum Gasteiger partial charge on any atom is 0.0238 e. The molecule has 0 bridgehead atoms. The van der Waals surface area contributed by atoms with Crippen LogP contribution < -0.4 is 5.73 Å². The molecule has 2 N–H and O–H groups in total. The summed E-state index contributed by atoms with van der Waals surface area (Å²) in [4.78, 5) is 1.44. The van der Waals surface area contributed by atoms with Crippen molar-refractivity contribution in [2.24, 2.45) is 5.73 Å². The minimum absolute atomic E-state index is 0.185. The van der Waals surface area contributed by atoms with Crippen LogP contribution in [0, 0.1) is 12.3 Å². The van der Waals surface area contributed by atoms with Crippen molar-refractivity contribution in [1.29, 1.82) is 0 Å². The van der Waals surface area contributed by atoms with Crippen LogP contribution in [0.25, 0.3) is 0 Å². The van der Waals surface area contributed by atoms with Crippen LogP contribution in [0.2, 0.25) is 0 Å². The van der Waals surface area contributed by atoms with Gasteiger partial charge in [0.1, 0.15) is 0 Å². The summed E-state index contributed by atoms with van der Waals surface area (Å²) in [6.07, 6.45) is 9.17. The zero-order valence-electron chi connectivity index (χ0n) is 7.70. The molecule has 0 aliphatic heterocycles. The lowest BCUT2D eigenvalue weighted by atomic mass is 10.1. The summed E-state index contributed by atoms with van der Waals surface area (Å²) < 4.78 is 0. The number of nitrogens with two attached hydrogens (primary N) is 1. The lowest BCUT2D eigenvalue weighted by Crippen LogP contribution is -2.18. The Kier molecular flexibility index (Phi) is 4.59. The van der Waals surface area contributed by atoms with E-state index in [1.54, 1.807) is 11.3 Å². The van der Waals surface area contributed by atoms with Crippen molar-refractivity contribution in [3.8, 4) is 12.3 Å². The van der Waals surface area contributed by atoms with E-state index in [4.69, 9.17) is 12.2 Å². The first-order chi connectivity index (χ1) is 6.33. The van der Waals surface area contributed by atoms with Crippen LogP contribution in [0.3, 0.4) is 0 Å². The van der Waals surface area contributed by atoms with Crippen molar-refractivity contribution in [3.63, 3.8) is 0 Å². The molecule has 0 aromatic carbocycles. The molecule has 0 amide bonds. The summed E-state index contributed by atoms with van der Waals surface area (Å²) >= 11 is 1.81. The van der Waals surface area contributed by atoms with Crippen LogP contribution in [0.4, 0.5) is 0 Å². The molecule has 0 spiro atoms. The third-order valence-corrected chi connectivity index (χ3v) is 2.89. The van der Waals surface area contributed by atoms with Gasteiger partial charge in [-0.25, -0.2) is 0 Å². The summed E-state index contributed by atoms with van der Waals surface area (Å²) in [7, 11) is 0. The van der Waals surface area contributed by atoms with Gasteiger partial charge in [-0.1, -0.05) is 6.07 Å². The topological polar surface area (TPSA) is 26.0 Å². The Balaban J connectivity index is 2.11. The highest BCUT2D eigenvalue weighted by Gasteiger charge is 2.00. The Hall–Kier alpha value is -0.780. The van der Waals surface area contributed by atoms with Crippen LogP contribution in [-0.2, 0) is 6.42 Å². The van der Waals surface area contributed by atoms with Gasteiger partial charge in [0.05, 0.1) is 0 Å². The molecule has 0 radical (unpaired) electrons. The second-order valence-corrected chi connectivity index (χ2v) is 4.17. The zero-order chi connectivity index (χ0) is 9.52. The van der Waals surface area contributed by atoms with Crippen LogP contribution in [-0.4, -0.2) is 6.04 Å². The Labute approximate surface area is 84.0 Å². The van der Waals surface area contributed by atoms with E-state index in [-0.39, 0.29) is 6.04 Å². The monoisotopic (exact) mass is 193 g/mol. The van der Waals surface area contributed by atoms with Crippen LogP contribution in [0.15, 0.2) is 17.5 Å². The molecule has 0 aliphatic carbocycles. The van der Waals surface area contributed by atoms with Crippen LogP contribution in [0.1, 0.15) is 24.1 Å². The summed E-state index contributed by atoms with van der Waals surface area (Å²) in [6.45, 7) is 0. The van der Waals surface area contributed by atoms with Crippen molar-refractivity contribution >= 4 is 11.3 Å². The maximum absolute atomic E-state index is 5.78. The normalized spacial score (nSPS) is 12.3. The van der Waals surface area contributed by atoms with Gasteiger partial charge in [0.25, 0.3) is 0 Å². The van der Waals surface area contributed by atoms with Gasteiger partial charge in [-0.15, -0.1) is 23.7 Å². The van der Waals surface area contributed by atoms with Crippen molar-refractivity contribution in [1.82, 2.24) is 0 Å². The van der Waals surface area contributed by atoms with Gasteiger partial charge in [-0.3, -0.25) is 0 Å². The smallest absolute Gasteiger partial charge is 0.0238 e. The molecular weight excluding hydrogens is 178 g/mol. The highest BCUT2D eigenvalue weighted by atomic mass is 32.1. The number of hydrogen-bond acceptors (Lipinski definition) is 2. The van der Waals surface area contributed by atoms with E-state index in [2.05, 4.69) is 23.4 Å². The van der Waals surface area contributed by atoms with Crippen molar-refractivity contribution < 1.29 is 0 Å². The van der Waals surface area contributed by atoms with Gasteiger partial charge < -0.3 is 5.73 Å². The highest BCUT2D eigenvalue weighted by Crippen LogP contribution is 2.12. The third kappa shape index (κ3) is 4.12. The maximum atomic E-state index is 5.78. The fraction of sp³-hybridized carbons (Fsp3) is 0.455. The molecule has 0 fully saturated rings. The molecule has 1 heterocycles. The third-order valence-electron chi connectivity index (χ3n) is 1.96. The number of hydrogen-bond donors (Lipinski definition) is 1. The first-order valence-corrected chi connectivity index (χ1v) is 5.42. The summed E-state index contributed by atoms with van der Waals surface area (Å²) in [5.41, 5.74) is 5.78. The van der Waals surface area contributed by atoms with Gasteiger partial charge in [-0.2, -0.15) is 0 Å². The van der Waals surface area contributed by atoms with E-state index < -0.39 is 0 Å². The predicted octanol–water partition coefficient (Wildman–Crippen LogP) is 2.42. The summed E-state index contributed by atoms with van der Waals surface area (Å²) in [6, 6.07) is 4.43. The second-order valence-electron chi connectivity index (χ2n) is 3.14. The number of rotatable bonds is 5. The Bertz CT molecular complexity index is 258. The Morgan fingerprint density at radius 3 is 3.08 bits per heavy atom. The molecule has 0 saturated carbocycles. The van der Waals surface area contributed by atoms with E-state index in [1.165, 1.54) is 4.88 Å². The van der Waals surface area contributed by atoms with Crippen molar-refractivity contribution in [3.05, 3.63) is 22.4 Å². The summed E-state index contributed by atoms with van der Waals surface area (Å²) in [5.74, 6) is 2.59. The van der Waals surface area contributed by atoms with Gasteiger partial charge in [0.15, 0.2) is 0 Å². The molecule has 0 saturated heterocycles. The second kappa shape index (κ2) is 5.80. The van der Waals surface area contributed by atoms with Crippen LogP contribution >= 0.6 is 11.3 Å². The van der Waals surface area contributed by atoms with Crippen molar-refractivity contribution in [2.75, 3.05) is 0 Å². The largest absolute Gasteiger partial charge is 0.327 e. The van der Waals surface area contributed by atoms with Crippen molar-refractivity contribution in [2.45, 2.75) is 31.7 Å². The molecule has 70 valence electrons. The molecule has 1 aromatic rings. The lowest BCUT2D eigenvalue weighted by molar-refractivity contribution is 0.597. The van der Waals surface area contributed by atoms with E-state index in [1.807, 2.05) is 0 Å². The van der Waals surface area contributed by atoms with E-state index in [0.29, 0.717) is 6.42 Å². The lowest BCUT2D eigenvalue weighted by Gasteiger charge is -2.06. The minimum Gasteiger partial charge on any atom is -0.327 e. The minimum atomic E-state index is 0.185. The molecule has 1 unspecified atom stereocenters. The number of thiophene rings is 1. The highest BCUT2D eigenvalue weighted by molar-refractivity contribution is 7.09. The van der Waals surface area contributed by atoms with Gasteiger partial charge in [0, 0.05) is 17.3 Å². The molecule has 0 aliphatic rings. The fourth-order valence-corrected chi connectivity index (χ4v) is 2.00. The molecular formula is C11H15NS. The first-order valence-electron chi connectivity index (χ1n) is 4.54.